The molecule has 0 aliphatic carbocycles. The van der Waals surface area contributed by atoms with E-state index in [2.05, 4.69) is 41.7 Å². The van der Waals surface area contributed by atoms with Crippen molar-refractivity contribution < 1.29 is 13.2 Å². The van der Waals surface area contributed by atoms with Gasteiger partial charge < -0.3 is 9.80 Å². The molecule has 0 radical (unpaired) electrons. The van der Waals surface area contributed by atoms with Crippen LogP contribution in [0.1, 0.15) is 21.5 Å². The van der Waals surface area contributed by atoms with Crippen LogP contribution in [0.3, 0.4) is 0 Å². The van der Waals surface area contributed by atoms with E-state index in [0.717, 1.165) is 19.3 Å². The van der Waals surface area contributed by atoms with Gasteiger partial charge >= 0.3 is 0 Å². The SMILES string of the molecule is Cc1cccc(N2CCN(C(=O)c3cc(NS(C)(=O)=O)ccc3Cl)CC2)c1C. The molecule has 0 spiro atoms. The number of benzene rings is 2. The van der Waals surface area contributed by atoms with Gasteiger partial charge in [-0.05, 0) is 49.2 Å². The molecular weight excluding hydrogens is 398 g/mol. The van der Waals surface area contributed by atoms with E-state index in [0.29, 0.717) is 29.4 Å². The lowest BCUT2D eigenvalue weighted by Gasteiger charge is -2.37. The second-order valence-corrected chi connectivity index (χ2v) is 9.22. The highest BCUT2D eigenvalue weighted by molar-refractivity contribution is 7.92. The highest BCUT2D eigenvalue weighted by atomic mass is 35.5. The van der Waals surface area contributed by atoms with Crippen molar-refractivity contribution >= 4 is 38.9 Å². The molecule has 0 saturated carbocycles. The molecule has 1 aliphatic rings. The molecule has 0 atom stereocenters. The number of carbonyl (C=O) groups is 1. The normalized spacial score (nSPS) is 14.9. The van der Waals surface area contributed by atoms with Crippen molar-refractivity contribution in [1.82, 2.24) is 4.90 Å². The third-order valence-electron chi connectivity index (χ3n) is 4.98. The average molecular weight is 422 g/mol. The molecule has 6 nitrogen and oxygen atoms in total. The highest BCUT2D eigenvalue weighted by Crippen LogP contribution is 2.26. The number of aryl methyl sites for hydroxylation is 1. The van der Waals surface area contributed by atoms with Gasteiger partial charge in [-0.1, -0.05) is 23.7 Å². The van der Waals surface area contributed by atoms with Gasteiger partial charge in [-0.15, -0.1) is 0 Å². The molecule has 1 saturated heterocycles. The Kier molecular flexibility index (Phi) is 5.86. The van der Waals surface area contributed by atoms with Crippen LogP contribution >= 0.6 is 11.6 Å². The molecule has 28 heavy (non-hydrogen) atoms. The summed E-state index contributed by atoms with van der Waals surface area (Å²) >= 11 is 6.21. The fourth-order valence-corrected chi connectivity index (χ4v) is 4.12. The Hall–Kier alpha value is -2.25. The number of nitrogens with one attached hydrogen (secondary N) is 1. The van der Waals surface area contributed by atoms with E-state index >= 15 is 0 Å². The fourth-order valence-electron chi connectivity index (χ4n) is 3.37. The lowest BCUT2D eigenvalue weighted by atomic mass is 10.1. The topological polar surface area (TPSA) is 69.7 Å². The number of halogens is 1. The minimum absolute atomic E-state index is 0.192. The summed E-state index contributed by atoms with van der Waals surface area (Å²) in [6, 6.07) is 10.8. The number of nitrogens with zero attached hydrogens (tertiary/aromatic N) is 2. The van der Waals surface area contributed by atoms with Gasteiger partial charge in [0, 0.05) is 37.6 Å². The van der Waals surface area contributed by atoms with E-state index in [1.54, 1.807) is 11.0 Å². The van der Waals surface area contributed by atoms with E-state index < -0.39 is 10.0 Å². The molecule has 2 aromatic rings. The zero-order valence-electron chi connectivity index (χ0n) is 16.2. The Morgan fingerprint density at radius 3 is 2.39 bits per heavy atom. The number of hydrogen-bond acceptors (Lipinski definition) is 4. The molecule has 0 bridgehead atoms. The molecule has 1 heterocycles. The smallest absolute Gasteiger partial charge is 0.255 e. The van der Waals surface area contributed by atoms with Crippen molar-refractivity contribution in [3.8, 4) is 0 Å². The Bertz CT molecular complexity index is 1000. The van der Waals surface area contributed by atoms with Crippen molar-refractivity contribution in [2.75, 3.05) is 42.1 Å². The first kappa shape index (κ1) is 20.5. The van der Waals surface area contributed by atoms with Crippen molar-refractivity contribution in [2.24, 2.45) is 0 Å². The van der Waals surface area contributed by atoms with Crippen LogP contribution in [0.4, 0.5) is 11.4 Å². The number of anilines is 2. The van der Waals surface area contributed by atoms with Gasteiger partial charge in [0.25, 0.3) is 5.91 Å². The van der Waals surface area contributed by atoms with Crippen LogP contribution in [0, 0.1) is 13.8 Å². The summed E-state index contributed by atoms with van der Waals surface area (Å²) in [4.78, 5) is 17.0. The highest BCUT2D eigenvalue weighted by Gasteiger charge is 2.25. The summed E-state index contributed by atoms with van der Waals surface area (Å²) in [6.07, 6.45) is 1.07. The number of hydrogen-bond donors (Lipinski definition) is 1. The predicted molar refractivity (Wildman–Crippen MR) is 114 cm³/mol. The van der Waals surface area contributed by atoms with E-state index in [9.17, 15) is 13.2 Å². The van der Waals surface area contributed by atoms with Gasteiger partial charge in [0.15, 0.2) is 0 Å². The summed E-state index contributed by atoms with van der Waals surface area (Å²) in [5.41, 5.74) is 4.33. The third-order valence-corrected chi connectivity index (χ3v) is 5.92. The summed E-state index contributed by atoms with van der Waals surface area (Å²) < 4.78 is 25.3. The van der Waals surface area contributed by atoms with Gasteiger partial charge in [0.1, 0.15) is 0 Å². The van der Waals surface area contributed by atoms with Crippen LogP contribution in [0.25, 0.3) is 0 Å². The van der Waals surface area contributed by atoms with Crippen LogP contribution in [-0.4, -0.2) is 51.7 Å². The largest absolute Gasteiger partial charge is 0.368 e. The molecule has 3 rings (SSSR count). The minimum Gasteiger partial charge on any atom is -0.368 e. The van der Waals surface area contributed by atoms with E-state index in [1.807, 2.05) is 0 Å². The lowest BCUT2D eigenvalue weighted by molar-refractivity contribution is 0.0747. The maximum Gasteiger partial charge on any atom is 0.255 e. The first-order valence-corrected chi connectivity index (χ1v) is 11.3. The first-order chi connectivity index (χ1) is 13.2. The summed E-state index contributed by atoms with van der Waals surface area (Å²) in [5, 5.41) is 0.306. The zero-order valence-corrected chi connectivity index (χ0v) is 17.8. The van der Waals surface area contributed by atoms with Crippen molar-refractivity contribution in [2.45, 2.75) is 13.8 Å². The van der Waals surface area contributed by atoms with E-state index in [4.69, 9.17) is 11.6 Å². The molecule has 1 aliphatic heterocycles. The molecule has 0 unspecified atom stereocenters. The average Bonchev–Trinajstić information content (AvgIpc) is 2.64. The van der Waals surface area contributed by atoms with Crippen molar-refractivity contribution in [3.63, 3.8) is 0 Å². The first-order valence-electron chi connectivity index (χ1n) is 9.03. The quantitative estimate of drug-likeness (QED) is 0.822. The van der Waals surface area contributed by atoms with Crippen molar-refractivity contribution in [1.29, 1.82) is 0 Å². The minimum atomic E-state index is -3.43. The zero-order chi connectivity index (χ0) is 20.5. The molecule has 150 valence electrons. The summed E-state index contributed by atoms with van der Waals surface area (Å²) in [5.74, 6) is -0.192. The van der Waals surface area contributed by atoms with Crippen LogP contribution in [0.2, 0.25) is 5.02 Å². The lowest BCUT2D eigenvalue weighted by Crippen LogP contribution is -2.49. The van der Waals surface area contributed by atoms with Gasteiger partial charge in [-0.25, -0.2) is 8.42 Å². The molecule has 1 fully saturated rings. The Balaban J connectivity index is 1.73. The van der Waals surface area contributed by atoms with Crippen LogP contribution in [-0.2, 0) is 10.0 Å². The van der Waals surface area contributed by atoms with Crippen LogP contribution in [0.15, 0.2) is 36.4 Å². The van der Waals surface area contributed by atoms with Gasteiger partial charge in [-0.3, -0.25) is 9.52 Å². The summed E-state index contributed by atoms with van der Waals surface area (Å²) in [6.45, 7) is 6.82. The molecule has 1 amide bonds. The maximum atomic E-state index is 12.9. The number of rotatable bonds is 4. The second-order valence-electron chi connectivity index (χ2n) is 7.07. The van der Waals surface area contributed by atoms with Gasteiger partial charge in [-0.2, -0.15) is 0 Å². The third kappa shape index (κ3) is 4.59. The summed E-state index contributed by atoms with van der Waals surface area (Å²) in [7, 11) is -3.43. The fraction of sp³-hybridized carbons (Fsp3) is 0.350. The van der Waals surface area contributed by atoms with E-state index in [1.165, 1.54) is 28.9 Å². The molecule has 2 aromatic carbocycles. The molecular formula is C20H24ClN3O3S. The monoisotopic (exact) mass is 421 g/mol. The van der Waals surface area contributed by atoms with E-state index in [-0.39, 0.29) is 5.91 Å². The maximum absolute atomic E-state index is 12.9. The standard InChI is InChI=1S/C20H24ClN3O3S/c1-14-5-4-6-19(15(14)2)23-9-11-24(12-10-23)20(25)17-13-16(7-8-18(17)21)22-28(3,26)27/h4-8,13,22H,9-12H2,1-3H3. The number of carbonyl (C=O) groups excluding carboxylic acids is 1. The van der Waals surface area contributed by atoms with Crippen molar-refractivity contribution in [3.05, 3.63) is 58.1 Å². The van der Waals surface area contributed by atoms with Crippen LogP contribution in [0.5, 0.6) is 0 Å². The molecule has 1 N–H and O–H groups in total. The van der Waals surface area contributed by atoms with Gasteiger partial charge in [0.2, 0.25) is 10.0 Å². The Morgan fingerprint density at radius 1 is 1.07 bits per heavy atom. The predicted octanol–water partition coefficient (Wildman–Crippen LogP) is 3.29. The number of amides is 1. The second kappa shape index (κ2) is 8.01. The molecule has 8 heteroatoms. The van der Waals surface area contributed by atoms with Crippen LogP contribution < -0.4 is 9.62 Å². The Morgan fingerprint density at radius 2 is 1.75 bits per heavy atom. The number of piperazine rings is 1. The number of sulfonamides is 1. The van der Waals surface area contributed by atoms with Gasteiger partial charge in [0.05, 0.1) is 16.8 Å². The molecule has 0 aromatic heterocycles. The Labute approximate surface area is 171 Å².